The lowest BCUT2D eigenvalue weighted by Gasteiger charge is -2.47. The number of fused-ring (bicyclic) bond motifs is 2. The van der Waals surface area contributed by atoms with Crippen LogP contribution in [0.1, 0.15) is 39.5 Å². The van der Waals surface area contributed by atoms with Crippen LogP contribution in [0.3, 0.4) is 0 Å². The number of aliphatic hydroxyl groups excluding tert-OH is 1. The van der Waals surface area contributed by atoms with Gasteiger partial charge in [-0.2, -0.15) is 0 Å². The van der Waals surface area contributed by atoms with E-state index in [1.54, 1.807) is 0 Å². The van der Waals surface area contributed by atoms with Crippen LogP contribution < -0.4 is 4.90 Å². The van der Waals surface area contributed by atoms with Crippen LogP contribution in [0.5, 0.6) is 0 Å². The normalized spacial score (nSPS) is 24.8. The van der Waals surface area contributed by atoms with Crippen LogP contribution in [0.4, 0.5) is 11.4 Å². The van der Waals surface area contributed by atoms with E-state index in [-0.39, 0.29) is 17.0 Å². The Morgan fingerprint density at radius 3 is 2.10 bits per heavy atom. The number of nitrogens with zero attached hydrogens (tertiary/aromatic N) is 1. The maximum Gasteiger partial charge on any atom is 0.188 e. The van der Waals surface area contributed by atoms with E-state index in [1.165, 1.54) is 21.2 Å². The summed E-state index contributed by atoms with van der Waals surface area (Å²) in [5.74, 6) is 0.219. The molecule has 2 aromatic rings. The molecule has 0 bridgehead atoms. The van der Waals surface area contributed by atoms with Crippen molar-refractivity contribution in [2.75, 3.05) is 4.90 Å². The van der Waals surface area contributed by atoms with Crippen molar-refractivity contribution in [3.05, 3.63) is 48.5 Å². The molecule has 0 radical (unpaired) electrons. The number of rotatable bonds is 4. The first-order chi connectivity index (χ1) is 13.7. The van der Waals surface area contributed by atoms with Crippen molar-refractivity contribution >= 4 is 31.5 Å². The van der Waals surface area contributed by atoms with Gasteiger partial charge in [-0.05, 0) is 67.6 Å². The number of para-hydroxylation sites is 2. The summed E-state index contributed by atoms with van der Waals surface area (Å²) >= 11 is 1.81. The molecule has 1 heterocycles. The Kier molecular flexibility index (Phi) is 5.62. The number of hydrogen-bond donors (Lipinski definition) is 2. The molecule has 5 heteroatoms. The van der Waals surface area contributed by atoms with Crippen LogP contribution in [0.15, 0.2) is 58.3 Å². The van der Waals surface area contributed by atoms with Crippen molar-refractivity contribution in [2.24, 2.45) is 5.92 Å². The van der Waals surface area contributed by atoms with Gasteiger partial charge in [0.2, 0.25) is 0 Å². The van der Waals surface area contributed by atoms with Crippen molar-refractivity contribution < 1.29 is 9.90 Å². The zero-order valence-electron chi connectivity index (χ0n) is 17.9. The van der Waals surface area contributed by atoms with Crippen LogP contribution in [0, 0.1) is 5.92 Å². The van der Waals surface area contributed by atoms with Crippen molar-refractivity contribution in [1.29, 1.82) is 0 Å². The molecule has 0 unspecified atom stereocenters. The third kappa shape index (κ3) is 3.90. The summed E-state index contributed by atoms with van der Waals surface area (Å²) in [6.45, 7) is 8.40. The third-order valence-corrected chi connectivity index (χ3v) is 11.8. The minimum absolute atomic E-state index is 0.0659. The molecule has 4 rings (SSSR count). The van der Waals surface area contributed by atoms with E-state index in [9.17, 15) is 9.90 Å². The highest BCUT2D eigenvalue weighted by Gasteiger charge is 2.45. The molecule has 1 fully saturated rings. The van der Waals surface area contributed by atoms with Gasteiger partial charge >= 0.3 is 0 Å². The van der Waals surface area contributed by atoms with E-state index in [2.05, 4.69) is 67.3 Å². The minimum Gasteiger partial charge on any atom is -0.432 e. The smallest absolute Gasteiger partial charge is 0.188 e. The van der Waals surface area contributed by atoms with Crippen LogP contribution in [0.25, 0.3) is 0 Å². The second-order valence-electron chi connectivity index (χ2n) is 9.80. The quantitative estimate of drug-likeness (QED) is 0.571. The molecular formula is C24H33NO2SSi. The number of anilines is 2. The molecule has 2 aliphatic rings. The summed E-state index contributed by atoms with van der Waals surface area (Å²) in [6, 6.07) is 17.2. The third-order valence-electron chi connectivity index (χ3n) is 7.18. The standard InChI is InChI=1S/C24H33NO2SSi/c1-24(2,29(3,4)27)16-17-10-9-13-20(23(17)26)25-18-11-5-7-14-21(18)28-22-15-8-6-12-19(22)25/h5-8,11-12,14-15,17,20,23,26-27H,9-10,13,16H2,1-4H3/t17-,20+,23+/m1/s1. The average Bonchev–Trinajstić information content (AvgIpc) is 2.67. The molecule has 29 heavy (non-hydrogen) atoms. The van der Waals surface area contributed by atoms with Gasteiger partial charge in [-0.25, -0.2) is 0 Å². The summed E-state index contributed by atoms with van der Waals surface area (Å²) in [5.41, 5.74) is 2.41. The van der Waals surface area contributed by atoms with E-state index >= 15 is 0 Å². The monoisotopic (exact) mass is 427 g/mol. The van der Waals surface area contributed by atoms with Crippen molar-refractivity contribution in [1.82, 2.24) is 0 Å². The average molecular weight is 428 g/mol. The van der Waals surface area contributed by atoms with Gasteiger partial charge in [-0.15, -0.1) is 0 Å². The van der Waals surface area contributed by atoms with Gasteiger partial charge in [0, 0.05) is 9.79 Å². The SMILES string of the molecule is CC(C)(C[C@H]1CCC[C@H](N2c3ccccc3Sc3ccccc32)[C@H]1O)[Si](C)(C)O. The molecule has 0 saturated heterocycles. The fraction of sp³-hybridized carbons (Fsp3) is 0.500. The molecule has 0 amide bonds. The van der Waals surface area contributed by atoms with E-state index in [4.69, 9.17) is 0 Å². The molecule has 1 saturated carbocycles. The number of benzene rings is 2. The zero-order chi connectivity index (χ0) is 20.8. The highest BCUT2D eigenvalue weighted by atomic mass is 32.2. The van der Waals surface area contributed by atoms with Crippen molar-refractivity contribution in [2.45, 2.75) is 79.6 Å². The predicted octanol–water partition coefficient (Wildman–Crippen LogP) is 6.19. The molecule has 2 N–H and O–H groups in total. The lowest BCUT2D eigenvalue weighted by molar-refractivity contribution is 0.0408. The van der Waals surface area contributed by atoms with Gasteiger partial charge in [-0.1, -0.05) is 56.3 Å². The van der Waals surface area contributed by atoms with Crippen LogP contribution >= 0.6 is 11.8 Å². The van der Waals surface area contributed by atoms with Crippen LogP contribution in [-0.4, -0.2) is 30.4 Å². The first-order valence-electron chi connectivity index (χ1n) is 10.7. The molecule has 0 spiro atoms. The van der Waals surface area contributed by atoms with E-state index in [0.717, 1.165) is 25.7 Å². The van der Waals surface area contributed by atoms with Gasteiger partial charge in [0.1, 0.15) is 0 Å². The molecule has 3 nitrogen and oxygen atoms in total. The Morgan fingerprint density at radius 1 is 1.00 bits per heavy atom. The molecule has 156 valence electrons. The fourth-order valence-corrected chi connectivity index (χ4v) is 6.58. The first-order valence-corrected chi connectivity index (χ1v) is 14.5. The van der Waals surface area contributed by atoms with Gasteiger partial charge < -0.3 is 14.8 Å². The summed E-state index contributed by atoms with van der Waals surface area (Å²) in [5, 5.41) is 11.4. The van der Waals surface area contributed by atoms with Gasteiger partial charge in [0.15, 0.2) is 8.32 Å². The molecule has 1 aliphatic heterocycles. The number of hydrogen-bond acceptors (Lipinski definition) is 4. The summed E-state index contributed by atoms with van der Waals surface area (Å²) < 4.78 is 0. The van der Waals surface area contributed by atoms with Crippen molar-refractivity contribution in [3.63, 3.8) is 0 Å². The summed E-state index contributed by atoms with van der Waals surface area (Å²) in [6.07, 6.45) is 3.63. The Hall–Kier alpha value is -1.27. The molecule has 3 atom stereocenters. The maximum absolute atomic E-state index is 11.5. The second kappa shape index (κ2) is 7.77. The lowest BCUT2D eigenvalue weighted by Crippen LogP contribution is -2.50. The van der Waals surface area contributed by atoms with Crippen LogP contribution in [-0.2, 0) is 0 Å². The predicted molar refractivity (Wildman–Crippen MR) is 125 cm³/mol. The van der Waals surface area contributed by atoms with Gasteiger partial charge in [0.25, 0.3) is 0 Å². The molecule has 1 aliphatic carbocycles. The van der Waals surface area contributed by atoms with Crippen LogP contribution in [0.2, 0.25) is 18.1 Å². The fourth-order valence-electron chi connectivity index (χ4n) is 4.75. The molecule has 2 aromatic carbocycles. The van der Waals surface area contributed by atoms with Gasteiger partial charge in [0.05, 0.1) is 23.5 Å². The first kappa shape index (κ1) is 21.0. The highest BCUT2D eigenvalue weighted by Crippen LogP contribution is 2.52. The lowest BCUT2D eigenvalue weighted by atomic mass is 9.77. The maximum atomic E-state index is 11.5. The Balaban J connectivity index is 1.68. The second-order valence-corrected chi connectivity index (χ2v) is 15.4. The van der Waals surface area contributed by atoms with Gasteiger partial charge in [-0.3, -0.25) is 0 Å². The topological polar surface area (TPSA) is 43.7 Å². The molecular weight excluding hydrogens is 394 g/mol. The Bertz CT molecular complexity index is 834. The zero-order valence-corrected chi connectivity index (χ0v) is 19.7. The minimum atomic E-state index is -2.30. The summed E-state index contributed by atoms with van der Waals surface area (Å²) in [7, 11) is -2.30. The van der Waals surface area contributed by atoms with Crippen molar-refractivity contribution in [3.8, 4) is 0 Å². The van der Waals surface area contributed by atoms with E-state index < -0.39 is 14.4 Å². The highest BCUT2D eigenvalue weighted by molar-refractivity contribution is 7.99. The summed E-state index contributed by atoms with van der Waals surface area (Å²) in [4.78, 5) is 15.7. The largest absolute Gasteiger partial charge is 0.432 e. The Morgan fingerprint density at radius 2 is 1.55 bits per heavy atom. The number of aliphatic hydroxyl groups is 1. The van der Waals surface area contributed by atoms with E-state index in [1.807, 2.05) is 24.9 Å². The molecule has 0 aromatic heterocycles. The van der Waals surface area contributed by atoms with E-state index in [0.29, 0.717) is 0 Å². The Labute approximate surface area is 180 Å².